The number of hydrogen-bond donors (Lipinski definition) is 2. The Morgan fingerprint density at radius 2 is 2.00 bits per heavy atom. The Bertz CT molecular complexity index is 823. The summed E-state index contributed by atoms with van der Waals surface area (Å²) in [7, 11) is 1.85. The molecular weight excluding hydrogens is 335 g/mol. The van der Waals surface area contributed by atoms with E-state index in [0.29, 0.717) is 24.9 Å². The number of benzene rings is 1. The average molecular weight is 358 g/mol. The summed E-state index contributed by atoms with van der Waals surface area (Å²) in [6.45, 7) is 2.98. The number of halogens is 1. The third-order valence-corrected chi connectivity index (χ3v) is 5.20. The number of nitrogens with one attached hydrogen (secondary N) is 2. The molecule has 1 aromatic carbocycles. The Hall–Kier alpha value is -2.41. The molecule has 6 nitrogen and oxygen atoms in total. The summed E-state index contributed by atoms with van der Waals surface area (Å²) < 4.78 is 20.3. The second-order valence-corrected chi connectivity index (χ2v) is 7.50. The van der Waals surface area contributed by atoms with Crippen LogP contribution in [0, 0.1) is 5.82 Å². The molecule has 0 bridgehead atoms. The van der Waals surface area contributed by atoms with Gasteiger partial charge in [-0.1, -0.05) is 6.42 Å². The molecule has 1 aliphatic carbocycles. The Balaban J connectivity index is 1.65. The molecule has 4 rings (SSSR count). The van der Waals surface area contributed by atoms with Crippen LogP contribution in [0.1, 0.15) is 37.7 Å². The first-order valence-electron chi connectivity index (χ1n) is 8.95. The molecule has 2 aromatic rings. The van der Waals surface area contributed by atoms with Crippen molar-refractivity contribution in [2.24, 2.45) is 7.05 Å². The summed E-state index contributed by atoms with van der Waals surface area (Å²) in [6, 6.07) is 6.13. The number of hydrogen-bond acceptors (Lipinski definition) is 3. The first-order chi connectivity index (χ1) is 12.5. The third-order valence-electron chi connectivity index (χ3n) is 5.20. The van der Waals surface area contributed by atoms with E-state index in [1.54, 1.807) is 16.8 Å². The van der Waals surface area contributed by atoms with Crippen molar-refractivity contribution in [3.05, 3.63) is 35.6 Å². The maximum absolute atomic E-state index is 13.3. The normalized spacial score (nSPS) is 18.7. The van der Waals surface area contributed by atoms with E-state index in [9.17, 15) is 9.18 Å². The van der Waals surface area contributed by atoms with Crippen LogP contribution in [0.5, 0.6) is 0 Å². The summed E-state index contributed by atoms with van der Waals surface area (Å²) in [5.41, 5.74) is 2.55. The molecule has 2 heterocycles. The number of carbonyl (C=O) groups is 1. The van der Waals surface area contributed by atoms with Gasteiger partial charge in [-0.2, -0.15) is 5.10 Å². The fraction of sp³-hybridized carbons (Fsp3) is 0.474. The maximum atomic E-state index is 13.3. The zero-order valence-corrected chi connectivity index (χ0v) is 15.0. The van der Waals surface area contributed by atoms with Crippen molar-refractivity contribution in [3.8, 4) is 11.3 Å². The monoisotopic (exact) mass is 358 g/mol. The van der Waals surface area contributed by atoms with E-state index in [2.05, 4.69) is 15.7 Å². The third kappa shape index (κ3) is 3.07. The Kier molecular flexibility index (Phi) is 4.19. The zero-order chi connectivity index (χ0) is 18.3. The standard InChI is InChI=1S/C19H23FN4O2/c1-19(10-26-11-19)22-18(25)21-17-15(12-4-3-5-12)16(24(2)23-17)13-6-8-14(20)9-7-13/h6-9,12H,3-5,10-11H2,1-2H3,(H2,21,22,23,25). The number of anilines is 1. The Labute approximate surface area is 151 Å². The highest BCUT2D eigenvalue weighted by Crippen LogP contribution is 2.44. The number of nitrogens with zero attached hydrogens (tertiary/aromatic N) is 2. The first-order valence-corrected chi connectivity index (χ1v) is 8.95. The minimum atomic E-state index is -0.324. The molecule has 2 amide bonds. The van der Waals surface area contributed by atoms with Crippen LogP contribution in [0.3, 0.4) is 0 Å². The molecule has 0 spiro atoms. The number of aryl methyl sites for hydroxylation is 1. The number of urea groups is 1. The lowest BCUT2D eigenvalue weighted by Gasteiger charge is -2.38. The number of amides is 2. The minimum absolute atomic E-state index is 0.269. The van der Waals surface area contributed by atoms with Gasteiger partial charge in [-0.25, -0.2) is 9.18 Å². The molecule has 26 heavy (non-hydrogen) atoms. The van der Waals surface area contributed by atoms with Gasteiger partial charge in [0.15, 0.2) is 5.82 Å². The van der Waals surface area contributed by atoms with Crippen molar-refractivity contribution in [2.45, 2.75) is 37.6 Å². The molecule has 0 atom stereocenters. The van der Waals surface area contributed by atoms with E-state index in [-0.39, 0.29) is 17.4 Å². The van der Waals surface area contributed by atoms with Crippen molar-refractivity contribution in [1.29, 1.82) is 0 Å². The van der Waals surface area contributed by atoms with E-state index in [0.717, 1.165) is 29.7 Å². The van der Waals surface area contributed by atoms with Crippen molar-refractivity contribution >= 4 is 11.8 Å². The highest BCUT2D eigenvalue weighted by Gasteiger charge is 2.36. The summed E-state index contributed by atoms with van der Waals surface area (Å²) in [5, 5.41) is 10.4. The van der Waals surface area contributed by atoms with Gasteiger partial charge in [-0.3, -0.25) is 10.00 Å². The summed E-state index contributed by atoms with van der Waals surface area (Å²) in [6.07, 6.45) is 3.31. The van der Waals surface area contributed by atoms with Gasteiger partial charge in [0.1, 0.15) is 5.82 Å². The van der Waals surface area contributed by atoms with Gasteiger partial charge >= 0.3 is 6.03 Å². The van der Waals surface area contributed by atoms with Gasteiger partial charge in [0.05, 0.1) is 24.4 Å². The molecule has 2 N–H and O–H groups in total. The highest BCUT2D eigenvalue weighted by atomic mass is 19.1. The molecular formula is C19H23FN4O2. The van der Waals surface area contributed by atoms with Gasteiger partial charge in [-0.05, 0) is 49.9 Å². The SMILES string of the molecule is Cn1nc(NC(=O)NC2(C)COC2)c(C2CCC2)c1-c1ccc(F)cc1. The second-order valence-electron chi connectivity index (χ2n) is 7.50. The molecule has 0 radical (unpaired) electrons. The van der Waals surface area contributed by atoms with Crippen LogP contribution in [-0.4, -0.2) is 34.6 Å². The van der Waals surface area contributed by atoms with Crippen LogP contribution in [0.15, 0.2) is 24.3 Å². The molecule has 2 aliphatic rings. The summed E-state index contributed by atoms with van der Waals surface area (Å²) >= 11 is 0. The number of aromatic nitrogens is 2. The van der Waals surface area contributed by atoms with Crippen LogP contribution in [-0.2, 0) is 11.8 Å². The van der Waals surface area contributed by atoms with Crippen molar-refractivity contribution in [1.82, 2.24) is 15.1 Å². The first kappa shape index (κ1) is 17.0. The molecule has 138 valence electrons. The lowest BCUT2D eigenvalue weighted by Crippen LogP contribution is -2.60. The van der Waals surface area contributed by atoms with Gasteiger partial charge in [-0.15, -0.1) is 0 Å². The fourth-order valence-electron chi connectivity index (χ4n) is 3.56. The molecule has 7 heteroatoms. The van der Waals surface area contributed by atoms with Crippen LogP contribution in [0.25, 0.3) is 11.3 Å². The molecule has 1 aliphatic heterocycles. The van der Waals surface area contributed by atoms with Gasteiger partial charge in [0, 0.05) is 18.2 Å². The maximum Gasteiger partial charge on any atom is 0.321 e. The Morgan fingerprint density at radius 3 is 2.54 bits per heavy atom. The fourth-order valence-corrected chi connectivity index (χ4v) is 3.56. The average Bonchev–Trinajstić information content (AvgIpc) is 2.81. The van der Waals surface area contributed by atoms with E-state index in [1.807, 2.05) is 14.0 Å². The second kappa shape index (κ2) is 6.39. The van der Waals surface area contributed by atoms with Crippen molar-refractivity contribution < 1.29 is 13.9 Å². The van der Waals surface area contributed by atoms with Crippen LogP contribution in [0.4, 0.5) is 15.0 Å². The van der Waals surface area contributed by atoms with Crippen molar-refractivity contribution in [3.63, 3.8) is 0 Å². The molecule has 1 saturated heterocycles. The Morgan fingerprint density at radius 1 is 1.31 bits per heavy atom. The molecule has 2 fully saturated rings. The highest BCUT2D eigenvalue weighted by molar-refractivity contribution is 5.91. The lowest BCUT2D eigenvalue weighted by atomic mass is 9.79. The van der Waals surface area contributed by atoms with Crippen LogP contribution < -0.4 is 10.6 Å². The van der Waals surface area contributed by atoms with E-state index in [1.165, 1.54) is 18.6 Å². The summed E-state index contributed by atoms with van der Waals surface area (Å²) in [5.74, 6) is 0.675. The quantitative estimate of drug-likeness (QED) is 0.880. The predicted octanol–water partition coefficient (Wildman–Crippen LogP) is 3.40. The van der Waals surface area contributed by atoms with Crippen molar-refractivity contribution in [2.75, 3.05) is 18.5 Å². The topological polar surface area (TPSA) is 68.2 Å². The van der Waals surface area contributed by atoms with E-state index >= 15 is 0 Å². The molecule has 1 saturated carbocycles. The van der Waals surface area contributed by atoms with Gasteiger partial charge in [0.25, 0.3) is 0 Å². The van der Waals surface area contributed by atoms with Crippen LogP contribution in [0.2, 0.25) is 0 Å². The molecule has 0 unspecified atom stereocenters. The number of ether oxygens (including phenoxy) is 1. The van der Waals surface area contributed by atoms with E-state index < -0.39 is 0 Å². The summed E-state index contributed by atoms with van der Waals surface area (Å²) in [4.78, 5) is 12.4. The van der Waals surface area contributed by atoms with Crippen LogP contribution >= 0.6 is 0 Å². The number of carbonyl (C=O) groups excluding carboxylic acids is 1. The van der Waals surface area contributed by atoms with E-state index in [4.69, 9.17) is 4.74 Å². The smallest absolute Gasteiger partial charge is 0.321 e. The minimum Gasteiger partial charge on any atom is -0.376 e. The number of rotatable bonds is 4. The molecule has 1 aromatic heterocycles. The van der Waals surface area contributed by atoms with Gasteiger partial charge in [0.2, 0.25) is 0 Å². The largest absolute Gasteiger partial charge is 0.376 e. The zero-order valence-electron chi connectivity index (χ0n) is 15.0. The van der Waals surface area contributed by atoms with Gasteiger partial charge < -0.3 is 10.1 Å². The predicted molar refractivity (Wildman–Crippen MR) is 96.6 cm³/mol. The lowest BCUT2D eigenvalue weighted by molar-refractivity contribution is -0.0567.